The van der Waals surface area contributed by atoms with Crippen molar-refractivity contribution in [1.29, 1.82) is 0 Å². The molecule has 3 amide bonds. The molecule has 1 unspecified atom stereocenters. The highest BCUT2D eigenvalue weighted by atomic mass is 35.5. The largest absolute Gasteiger partial charge is 0.321 e. The fourth-order valence-corrected chi connectivity index (χ4v) is 5.10. The molecule has 3 aliphatic rings. The maximum Gasteiger partial charge on any atom is 0.321 e. The highest BCUT2D eigenvalue weighted by Crippen LogP contribution is 2.37. The van der Waals surface area contributed by atoms with Crippen molar-refractivity contribution in [1.82, 2.24) is 29.9 Å². The van der Waals surface area contributed by atoms with Crippen LogP contribution < -0.4 is 5.32 Å². The monoisotopic (exact) mass is 459 g/mol. The van der Waals surface area contributed by atoms with E-state index in [1.54, 1.807) is 12.1 Å². The summed E-state index contributed by atoms with van der Waals surface area (Å²) in [7, 11) is 0. The number of carbonyl (C=O) groups is 2. The maximum absolute atomic E-state index is 13.5. The molecule has 3 aliphatic heterocycles. The van der Waals surface area contributed by atoms with Gasteiger partial charge < -0.3 is 15.1 Å². The summed E-state index contributed by atoms with van der Waals surface area (Å²) in [6.45, 7) is 7.37. The first kappa shape index (κ1) is 22.5. The van der Waals surface area contributed by atoms with Gasteiger partial charge in [-0.05, 0) is 45.4 Å². The van der Waals surface area contributed by atoms with Gasteiger partial charge in [0.15, 0.2) is 5.82 Å². The van der Waals surface area contributed by atoms with Gasteiger partial charge in [0.2, 0.25) is 0 Å². The van der Waals surface area contributed by atoms with Crippen LogP contribution in [-0.2, 0) is 6.54 Å². The molecule has 2 saturated heterocycles. The molecule has 5 rings (SSSR count). The molecule has 10 heteroatoms. The molecule has 3 atom stereocenters. The van der Waals surface area contributed by atoms with Crippen LogP contribution in [0.4, 0.5) is 10.6 Å². The van der Waals surface area contributed by atoms with Crippen molar-refractivity contribution < 1.29 is 9.59 Å². The van der Waals surface area contributed by atoms with Crippen LogP contribution >= 0.6 is 11.6 Å². The number of H-pyrrole nitrogens is 1. The normalized spacial score (nSPS) is 24.7. The fraction of sp³-hybridized carbons (Fsp3) is 0.545. The van der Waals surface area contributed by atoms with Crippen LogP contribution in [-0.4, -0.2) is 73.5 Å². The molecule has 9 nitrogen and oxygen atoms in total. The second-order valence-corrected chi connectivity index (χ2v) is 9.10. The highest BCUT2D eigenvalue weighted by Gasteiger charge is 2.42. The number of nitrogens with zero attached hydrogens (tertiary/aromatic N) is 5. The van der Waals surface area contributed by atoms with Crippen molar-refractivity contribution in [3.05, 3.63) is 40.3 Å². The topological polar surface area (TPSA) is 97.5 Å². The van der Waals surface area contributed by atoms with Crippen LogP contribution in [0.1, 0.15) is 61.9 Å². The number of urea groups is 1. The zero-order valence-corrected chi connectivity index (χ0v) is 18.4. The zero-order valence-electron chi connectivity index (χ0n) is 17.6. The molecule has 0 spiro atoms. The molecular formula is C22H30ClN7O2. The first-order valence-electron chi connectivity index (χ1n) is 10.7. The van der Waals surface area contributed by atoms with E-state index >= 15 is 0 Å². The predicted molar refractivity (Wildman–Crippen MR) is 123 cm³/mol. The summed E-state index contributed by atoms with van der Waals surface area (Å²) in [5.41, 5.74) is 1.96. The van der Waals surface area contributed by atoms with E-state index in [-0.39, 0.29) is 37.1 Å². The number of carbonyl (C=O) groups excluding carboxylic acids is 2. The number of hydrogen-bond donors (Lipinski definition) is 2. The molecule has 0 radical (unpaired) electrons. The van der Waals surface area contributed by atoms with Crippen molar-refractivity contribution in [2.75, 3.05) is 25.0 Å². The van der Waals surface area contributed by atoms with Gasteiger partial charge in [-0.2, -0.15) is 5.10 Å². The number of fused-ring (bicyclic) bond motifs is 2. The second kappa shape index (κ2) is 8.71. The smallest absolute Gasteiger partial charge is 0.319 e. The molecule has 5 heterocycles. The van der Waals surface area contributed by atoms with Crippen LogP contribution in [0.25, 0.3) is 0 Å². The van der Waals surface area contributed by atoms with E-state index < -0.39 is 0 Å². The Labute approximate surface area is 193 Å². The maximum atomic E-state index is 13.5. The van der Waals surface area contributed by atoms with Crippen LogP contribution in [0.2, 0.25) is 5.02 Å². The minimum Gasteiger partial charge on any atom is -0.319 e. The Morgan fingerprint density at radius 1 is 1.22 bits per heavy atom. The van der Waals surface area contributed by atoms with Crippen molar-refractivity contribution >= 4 is 29.4 Å². The third-order valence-corrected chi connectivity index (χ3v) is 6.96. The molecular weight excluding hydrogens is 430 g/mol. The Balaban J connectivity index is 0.00000245. The lowest BCUT2D eigenvalue weighted by molar-refractivity contribution is 0.0580. The third kappa shape index (κ3) is 3.84. The Hall–Kier alpha value is -2.65. The molecule has 0 bridgehead atoms. The Kier molecular flexibility index (Phi) is 6.13. The minimum absolute atomic E-state index is 0. The average Bonchev–Trinajstić information content (AvgIpc) is 3.44. The second-order valence-electron chi connectivity index (χ2n) is 8.66. The van der Waals surface area contributed by atoms with Gasteiger partial charge in [0.25, 0.3) is 5.91 Å². The van der Waals surface area contributed by atoms with Crippen molar-refractivity contribution in [2.24, 2.45) is 0 Å². The van der Waals surface area contributed by atoms with E-state index in [1.807, 2.05) is 16.7 Å². The van der Waals surface area contributed by atoms with Crippen LogP contribution in [0.3, 0.4) is 0 Å². The van der Waals surface area contributed by atoms with Crippen molar-refractivity contribution in [2.45, 2.75) is 58.8 Å². The molecule has 0 aliphatic carbocycles. The Morgan fingerprint density at radius 2 is 2.03 bits per heavy atom. The van der Waals surface area contributed by atoms with E-state index in [4.69, 9.17) is 11.6 Å². The van der Waals surface area contributed by atoms with Crippen molar-refractivity contribution in [3.8, 4) is 0 Å². The van der Waals surface area contributed by atoms with Gasteiger partial charge >= 0.3 is 6.03 Å². The number of piperazine rings is 1. The van der Waals surface area contributed by atoms with Gasteiger partial charge in [0.1, 0.15) is 5.69 Å². The number of aromatic amines is 1. The van der Waals surface area contributed by atoms with Gasteiger partial charge in [-0.15, -0.1) is 0 Å². The highest BCUT2D eigenvalue weighted by molar-refractivity contribution is 6.30. The average molecular weight is 460 g/mol. The summed E-state index contributed by atoms with van der Waals surface area (Å²) in [6, 6.07) is 3.75. The standard InChI is InChI=1S/C21H26ClN7O2.CH4/c1-12-9-27-7-3-4-15(27)10-28(12)21(31)29-11-16-18(13(29)2)25-26-19(16)24-20(30)17-6-5-14(22)8-23-17;/h5-6,8,12-13,15H,3-4,7,9-11H2,1-2H3,(H2,24,25,26,30);1H4/t12-,13?,15-;/m0./s1. The summed E-state index contributed by atoms with van der Waals surface area (Å²) < 4.78 is 0. The molecule has 2 aromatic rings. The molecule has 0 saturated carbocycles. The van der Waals surface area contributed by atoms with Crippen molar-refractivity contribution in [3.63, 3.8) is 0 Å². The molecule has 0 aromatic carbocycles. The number of aromatic nitrogens is 3. The van der Waals surface area contributed by atoms with Crippen LogP contribution in [0.5, 0.6) is 0 Å². The number of anilines is 1. The summed E-state index contributed by atoms with van der Waals surface area (Å²) in [5, 5.41) is 10.6. The fourth-order valence-electron chi connectivity index (χ4n) is 4.98. The molecule has 32 heavy (non-hydrogen) atoms. The van der Waals surface area contributed by atoms with E-state index in [2.05, 4.69) is 32.3 Å². The lowest BCUT2D eigenvalue weighted by Gasteiger charge is -2.44. The lowest BCUT2D eigenvalue weighted by Crippen LogP contribution is -2.59. The van der Waals surface area contributed by atoms with E-state index in [9.17, 15) is 9.59 Å². The number of pyridine rings is 1. The number of halogens is 1. The van der Waals surface area contributed by atoms with E-state index in [0.29, 0.717) is 23.4 Å². The summed E-state index contributed by atoms with van der Waals surface area (Å²) in [4.78, 5) is 36.4. The molecule has 2 fully saturated rings. The van der Waals surface area contributed by atoms with E-state index in [1.165, 1.54) is 12.6 Å². The summed E-state index contributed by atoms with van der Waals surface area (Å²) in [5.74, 6) is 0.0712. The number of amides is 3. The number of rotatable bonds is 2. The van der Waals surface area contributed by atoms with Crippen LogP contribution in [0.15, 0.2) is 18.3 Å². The SMILES string of the molecule is C.CC1c2[nH]nc(NC(=O)c3ccc(Cl)cn3)c2CN1C(=O)N1C[C@@H]2CCCN2C[C@@H]1C. The third-order valence-electron chi connectivity index (χ3n) is 6.73. The Morgan fingerprint density at radius 3 is 2.78 bits per heavy atom. The predicted octanol–water partition coefficient (Wildman–Crippen LogP) is 3.51. The van der Waals surface area contributed by atoms with E-state index in [0.717, 1.165) is 37.3 Å². The molecule has 2 N–H and O–H groups in total. The minimum atomic E-state index is -0.366. The van der Waals surface area contributed by atoms with Crippen LogP contribution in [0, 0.1) is 0 Å². The first-order chi connectivity index (χ1) is 14.9. The number of nitrogens with one attached hydrogen (secondary N) is 2. The quantitative estimate of drug-likeness (QED) is 0.716. The van der Waals surface area contributed by atoms with Gasteiger partial charge in [-0.1, -0.05) is 19.0 Å². The lowest BCUT2D eigenvalue weighted by atomic mass is 10.1. The molecule has 2 aromatic heterocycles. The summed E-state index contributed by atoms with van der Waals surface area (Å²) >= 11 is 5.85. The zero-order chi connectivity index (χ0) is 21.7. The Bertz CT molecular complexity index is 1010. The molecule has 172 valence electrons. The van der Waals surface area contributed by atoms with Gasteiger partial charge in [0.05, 0.1) is 23.3 Å². The van der Waals surface area contributed by atoms with Gasteiger partial charge in [-0.25, -0.2) is 9.78 Å². The first-order valence-corrected chi connectivity index (χ1v) is 11.1. The number of hydrogen-bond acceptors (Lipinski definition) is 5. The van der Waals surface area contributed by atoms with Gasteiger partial charge in [0, 0.05) is 36.9 Å². The van der Waals surface area contributed by atoms with Gasteiger partial charge in [-0.3, -0.25) is 14.8 Å². The summed E-state index contributed by atoms with van der Waals surface area (Å²) in [6.07, 6.45) is 3.80.